The highest BCUT2D eigenvalue weighted by atomic mass is 16.5. The SMILES string of the molecule is COc1cc(N(CC2CCCN2)C2CC2)nc(C)n1. The third-order valence-electron chi connectivity index (χ3n) is 3.87. The predicted molar refractivity (Wildman–Crippen MR) is 74.7 cm³/mol. The lowest BCUT2D eigenvalue weighted by Crippen LogP contribution is -2.39. The Morgan fingerprint density at radius 1 is 1.37 bits per heavy atom. The zero-order chi connectivity index (χ0) is 13.2. The number of hydrogen-bond donors (Lipinski definition) is 1. The van der Waals surface area contributed by atoms with Crippen LogP contribution in [-0.2, 0) is 0 Å². The maximum absolute atomic E-state index is 5.26. The lowest BCUT2D eigenvalue weighted by Gasteiger charge is -2.27. The van der Waals surface area contributed by atoms with Gasteiger partial charge in [0.1, 0.15) is 11.6 Å². The number of hydrogen-bond acceptors (Lipinski definition) is 5. The molecule has 2 fully saturated rings. The first-order valence-corrected chi connectivity index (χ1v) is 7.16. The number of aryl methyl sites for hydroxylation is 1. The molecule has 0 bridgehead atoms. The molecule has 5 nitrogen and oxygen atoms in total. The normalized spacial score (nSPS) is 22.5. The molecule has 0 amide bonds. The van der Waals surface area contributed by atoms with Crippen LogP contribution in [0.3, 0.4) is 0 Å². The van der Waals surface area contributed by atoms with Crippen molar-refractivity contribution in [1.82, 2.24) is 15.3 Å². The van der Waals surface area contributed by atoms with E-state index in [4.69, 9.17) is 4.74 Å². The summed E-state index contributed by atoms with van der Waals surface area (Å²) in [7, 11) is 1.66. The van der Waals surface area contributed by atoms with Crippen molar-refractivity contribution in [1.29, 1.82) is 0 Å². The number of rotatable bonds is 5. The number of anilines is 1. The van der Waals surface area contributed by atoms with Crippen LogP contribution in [0.1, 0.15) is 31.5 Å². The Morgan fingerprint density at radius 2 is 2.21 bits per heavy atom. The van der Waals surface area contributed by atoms with Gasteiger partial charge in [0.25, 0.3) is 0 Å². The summed E-state index contributed by atoms with van der Waals surface area (Å²) in [5.74, 6) is 2.45. The van der Waals surface area contributed by atoms with E-state index in [0.717, 1.165) is 24.7 Å². The lowest BCUT2D eigenvalue weighted by atomic mass is 10.2. The van der Waals surface area contributed by atoms with Crippen molar-refractivity contribution in [2.24, 2.45) is 0 Å². The predicted octanol–water partition coefficient (Wildman–Crippen LogP) is 1.51. The Hall–Kier alpha value is -1.36. The highest BCUT2D eigenvalue weighted by Crippen LogP contribution is 2.32. The Labute approximate surface area is 114 Å². The highest BCUT2D eigenvalue weighted by Gasteiger charge is 2.32. The van der Waals surface area contributed by atoms with Crippen LogP contribution in [0.5, 0.6) is 5.88 Å². The second-order valence-electron chi connectivity index (χ2n) is 5.49. The quantitative estimate of drug-likeness (QED) is 0.872. The molecule has 19 heavy (non-hydrogen) atoms. The molecule has 5 heteroatoms. The van der Waals surface area contributed by atoms with Crippen LogP contribution in [0.4, 0.5) is 5.82 Å². The van der Waals surface area contributed by atoms with E-state index in [1.807, 2.05) is 13.0 Å². The molecule has 1 N–H and O–H groups in total. The zero-order valence-electron chi connectivity index (χ0n) is 11.7. The largest absolute Gasteiger partial charge is 0.481 e. The van der Waals surface area contributed by atoms with Gasteiger partial charge in [0.2, 0.25) is 5.88 Å². The molecule has 1 aliphatic carbocycles. The minimum Gasteiger partial charge on any atom is -0.481 e. The fourth-order valence-corrected chi connectivity index (χ4v) is 2.74. The maximum atomic E-state index is 5.26. The monoisotopic (exact) mass is 262 g/mol. The van der Waals surface area contributed by atoms with Crippen LogP contribution >= 0.6 is 0 Å². The van der Waals surface area contributed by atoms with Crippen molar-refractivity contribution in [2.75, 3.05) is 25.1 Å². The molecule has 2 aliphatic rings. The summed E-state index contributed by atoms with van der Waals surface area (Å²) in [5.41, 5.74) is 0. The van der Waals surface area contributed by atoms with Gasteiger partial charge in [0, 0.05) is 24.7 Å². The van der Waals surface area contributed by atoms with Crippen LogP contribution in [0.15, 0.2) is 6.07 Å². The van der Waals surface area contributed by atoms with Crippen molar-refractivity contribution < 1.29 is 4.74 Å². The molecule has 1 aromatic heterocycles. The molecule has 1 saturated carbocycles. The van der Waals surface area contributed by atoms with E-state index < -0.39 is 0 Å². The van der Waals surface area contributed by atoms with Crippen LogP contribution < -0.4 is 15.0 Å². The topological polar surface area (TPSA) is 50.3 Å². The maximum Gasteiger partial charge on any atom is 0.218 e. The van der Waals surface area contributed by atoms with E-state index in [-0.39, 0.29) is 0 Å². The first kappa shape index (κ1) is 12.7. The number of methoxy groups -OCH3 is 1. The van der Waals surface area contributed by atoms with Crippen LogP contribution in [0.25, 0.3) is 0 Å². The summed E-state index contributed by atoms with van der Waals surface area (Å²) in [4.78, 5) is 11.3. The molecule has 1 saturated heterocycles. The van der Waals surface area contributed by atoms with Crippen molar-refractivity contribution in [3.63, 3.8) is 0 Å². The fraction of sp³-hybridized carbons (Fsp3) is 0.714. The van der Waals surface area contributed by atoms with Crippen molar-refractivity contribution in [3.8, 4) is 5.88 Å². The molecule has 1 unspecified atom stereocenters. The van der Waals surface area contributed by atoms with Gasteiger partial charge in [-0.1, -0.05) is 0 Å². The summed E-state index contributed by atoms with van der Waals surface area (Å²) in [6.45, 7) is 4.12. The molecule has 104 valence electrons. The second-order valence-corrected chi connectivity index (χ2v) is 5.49. The lowest BCUT2D eigenvalue weighted by molar-refractivity contribution is 0.395. The molecular formula is C14H22N4O. The molecule has 1 atom stereocenters. The van der Waals surface area contributed by atoms with E-state index in [9.17, 15) is 0 Å². The summed E-state index contributed by atoms with van der Waals surface area (Å²) in [6.07, 6.45) is 5.11. The standard InChI is InChI=1S/C14H22N4O/c1-10-16-13(8-14(17-10)19-2)18(12-5-6-12)9-11-4-3-7-15-11/h8,11-12,15H,3-7,9H2,1-2H3. The Bertz CT molecular complexity index is 441. The average Bonchev–Trinajstić information content (AvgIpc) is 3.12. The van der Waals surface area contributed by atoms with Gasteiger partial charge in [-0.3, -0.25) is 0 Å². The summed E-state index contributed by atoms with van der Waals surface area (Å²) < 4.78 is 5.26. The third-order valence-corrected chi connectivity index (χ3v) is 3.87. The molecule has 1 aromatic rings. The molecule has 0 radical (unpaired) electrons. The first-order chi connectivity index (χ1) is 9.26. The van der Waals surface area contributed by atoms with Crippen LogP contribution in [0, 0.1) is 6.92 Å². The smallest absolute Gasteiger partial charge is 0.218 e. The van der Waals surface area contributed by atoms with Gasteiger partial charge >= 0.3 is 0 Å². The molecule has 1 aliphatic heterocycles. The molecular weight excluding hydrogens is 240 g/mol. The molecule has 3 rings (SSSR count). The molecule has 0 spiro atoms. The van der Waals surface area contributed by atoms with Gasteiger partial charge < -0.3 is 15.0 Å². The number of aromatic nitrogens is 2. The van der Waals surface area contributed by atoms with Gasteiger partial charge in [-0.15, -0.1) is 0 Å². The third kappa shape index (κ3) is 2.97. The molecule has 0 aromatic carbocycles. The number of ether oxygens (including phenoxy) is 1. The van der Waals surface area contributed by atoms with Crippen molar-refractivity contribution >= 4 is 5.82 Å². The van der Waals surface area contributed by atoms with E-state index in [2.05, 4.69) is 20.2 Å². The molecule has 2 heterocycles. The Morgan fingerprint density at radius 3 is 2.84 bits per heavy atom. The van der Waals surface area contributed by atoms with Gasteiger partial charge in [-0.2, -0.15) is 4.98 Å². The average molecular weight is 262 g/mol. The summed E-state index contributed by atoms with van der Waals surface area (Å²) in [6, 6.07) is 3.21. The Balaban J connectivity index is 1.80. The minimum absolute atomic E-state index is 0.599. The van der Waals surface area contributed by atoms with Crippen molar-refractivity contribution in [3.05, 3.63) is 11.9 Å². The number of nitrogens with one attached hydrogen (secondary N) is 1. The van der Waals surface area contributed by atoms with Crippen LogP contribution in [0.2, 0.25) is 0 Å². The van der Waals surface area contributed by atoms with E-state index in [1.165, 1.54) is 25.7 Å². The van der Waals surface area contributed by atoms with Gasteiger partial charge in [0.05, 0.1) is 7.11 Å². The first-order valence-electron chi connectivity index (χ1n) is 7.16. The Kier molecular flexibility index (Phi) is 3.55. The van der Waals surface area contributed by atoms with E-state index in [1.54, 1.807) is 7.11 Å². The fourth-order valence-electron chi connectivity index (χ4n) is 2.74. The van der Waals surface area contributed by atoms with Gasteiger partial charge in [-0.25, -0.2) is 4.98 Å². The highest BCUT2D eigenvalue weighted by molar-refractivity contribution is 5.44. The van der Waals surface area contributed by atoms with Gasteiger partial charge in [-0.05, 0) is 39.2 Å². The van der Waals surface area contributed by atoms with Crippen LogP contribution in [-0.4, -0.2) is 42.3 Å². The van der Waals surface area contributed by atoms with Crippen molar-refractivity contribution in [2.45, 2.75) is 44.7 Å². The number of nitrogens with zero attached hydrogens (tertiary/aromatic N) is 3. The second kappa shape index (κ2) is 5.33. The summed E-state index contributed by atoms with van der Waals surface area (Å²) >= 11 is 0. The van der Waals surface area contributed by atoms with E-state index >= 15 is 0 Å². The summed E-state index contributed by atoms with van der Waals surface area (Å²) in [5, 5.41) is 3.57. The van der Waals surface area contributed by atoms with Gasteiger partial charge in [0.15, 0.2) is 0 Å². The zero-order valence-corrected chi connectivity index (χ0v) is 11.7. The van der Waals surface area contributed by atoms with E-state index in [0.29, 0.717) is 18.0 Å². The minimum atomic E-state index is 0.599.